The van der Waals surface area contributed by atoms with E-state index in [1.165, 1.54) is 18.0 Å². The van der Waals surface area contributed by atoms with Crippen molar-refractivity contribution in [2.75, 3.05) is 24.1 Å². The fourth-order valence-electron chi connectivity index (χ4n) is 3.81. The number of halogens is 2. The maximum absolute atomic E-state index is 14.0. The molecule has 0 radical (unpaired) electrons. The summed E-state index contributed by atoms with van der Waals surface area (Å²) in [5.41, 5.74) is 5.48. The van der Waals surface area contributed by atoms with Crippen LogP contribution in [0.5, 0.6) is 0 Å². The molecule has 0 saturated carbocycles. The van der Waals surface area contributed by atoms with Gasteiger partial charge in [0.25, 0.3) is 0 Å². The highest BCUT2D eigenvalue weighted by Crippen LogP contribution is 2.31. The van der Waals surface area contributed by atoms with Gasteiger partial charge in [0, 0.05) is 29.7 Å². The van der Waals surface area contributed by atoms with E-state index in [-0.39, 0.29) is 22.8 Å². The Morgan fingerprint density at radius 3 is 2.41 bits per heavy atom. The highest BCUT2D eigenvalue weighted by Gasteiger charge is 2.28. The summed E-state index contributed by atoms with van der Waals surface area (Å²) in [6, 6.07) is 11.1. The zero-order valence-corrected chi connectivity index (χ0v) is 23.6. The van der Waals surface area contributed by atoms with E-state index in [2.05, 4.69) is 15.0 Å². The minimum absolute atomic E-state index is 0.0359. The van der Waals surface area contributed by atoms with Gasteiger partial charge >= 0.3 is 6.09 Å². The molecule has 3 aromatic rings. The summed E-state index contributed by atoms with van der Waals surface area (Å²) in [4.78, 5) is 31.9. The van der Waals surface area contributed by atoms with E-state index in [1.807, 2.05) is 45.0 Å². The standard InChI is InChI=1S/C27H31F2N5O3S2/c1-4-27(2,3)37-26(36)34-14-12-17(13-15-34)33-39-18-10-8-16(9-11-18)31-25-32-24(30)23(38-25)22(35)21-19(28)6-5-7-20(21)29/h5-11,17,33H,4,12-15,30H2,1-3H3,(H,31,32). The van der Waals surface area contributed by atoms with Gasteiger partial charge in [-0.2, -0.15) is 0 Å². The first-order valence-electron chi connectivity index (χ1n) is 12.6. The van der Waals surface area contributed by atoms with E-state index in [4.69, 9.17) is 10.5 Å². The van der Waals surface area contributed by atoms with Gasteiger partial charge in [0.15, 0.2) is 5.13 Å². The minimum atomic E-state index is -0.951. The number of nitrogens with two attached hydrogens (primary N) is 1. The number of carbonyl (C=O) groups excluding carboxylic acids is 2. The van der Waals surface area contributed by atoms with Crippen LogP contribution >= 0.6 is 23.3 Å². The number of likely N-dealkylation sites (tertiary alicyclic amines) is 1. The van der Waals surface area contributed by atoms with Gasteiger partial charge in [0.1, 0.15) is 27.9 Å². The Morgan fingerprint density at radius 1 is 1.15 bits per heavy atom. The molecule has 8 nitrogen and oxygen atoms in total. The highest BCUT2D eigenvalue weighted by molar-refractivity contribution is 7.97. The number of aromatic nitrogens is 1. The molecule has 2 aromatic carbocycles. The van der Waals surface area contributed by atoms with Crippen molar-refractivity contribution in [3.8, 4) is 0 Å². The molecule has 1 saturated heterocycles. The number of ether oxygens (including phenoxy) is 1. The topological polar surface area (TPSA) is 110 Å². The molecule has 12 heteroatoms. The largest absolute Gasteiger partial charge is 0.443 e. The number of nitrogens with one attached hydrogen (secondary N) is 2. The second-order valence-corrected chi connectivity index (χ2v) is 11.7. The number of hydrogen-bond acceptors (Lipinski definition) is 9. The number of nitrogens with zero attached hydrogens (tertiary/aromatic N) is 2. The van der Waals surface area contributed by atoms with Gasteiger partial charge in [0.05, 0.1) is 5.56 Å². The molecule has 39 heavy (non-hydrogen) atoms. The van der Waals surface area contributed by atoms with E-state index in [0.29, 0.717) is 23.9 Å². The normalized spacial score (nSPS) is 14.3. The maximum Gasteiger partial charge on any atom is 0.410 e. The van der Waals surface area contributed by atoms with Crippen molar-refractivity contribution in [2.24, 2.45) is 0 Å². The van der Waals surface area contributed by atoms with Crippen LogP contribution in [-0.2, 0) is 4.74 Å². The Morgan fingerprint density at radius 2 is 1.79 bits per heavy atom. The summed E-state index contributed by atoms with van der Waals surface area (Å²) in [5, 5.41) is 3.41. The molecule has 1 fully saturated rings. The molecule has 1 aromatic heterocycles. The first kappa shape index (κ1) is 28.8. The van der Waals surface area contributed by atoms with Crippen LogP contribution in [0.25, 0.3) is 0 Å². The average Bonchev–Trinajstić information content (AvgIpc) is 3.27. The van der Waals surface area contributed by atoms with Gasteiger partial charge in [-0.3, -0.25) is 9.52 Å². The molecule has 0 unspecified atom stereocenters. The lowest BCUT2D eigenvalue weighted by Crippen LogP contribution is -2.45. The third-order valence-corrected chi connectivity index (χ3v) is 8.41. The number of ketones is 1. The number of rotatable bonds is 9. The SMILES string of the molecule is CCC(C)(C)OC(=O)N1CCC(NSc2ccc(Nc3nc(N)c(C(=O)c4c(F)cccc4F)s3)cc2)CC1. The van der Waals surface area contributed by atoms with Gasteiger partial charge in [-0.05, 0) is 81.5 Å². The van der Waals surface area contributed by atoms with Crippen LogP contribution in [-0.4, -0.2) is 46.5 Å². The Kier molecular flexibility index (Phi) is 9.08. The van der Waals surface area contributed by atoms with Crippen LogP contribution in [0.3, 0.4) is 0 Å². The van der Waals surface area contributed by atoms with Crippen LogP contribution < -0.4 is 15.8 Å². The second-order valence-electron chi connectivity index (χ2n) is 9.77. The monoisotopic (exact) mass is 575 g/mol. The number of hydrogen-bond donors (Lipinski definition) is 3. The summed E-state index contributed by atoms with van der Waals surface area (Å²) in [5.74, 6) is -2.85. The number of piperidine rings is 1. The fourth-order valence-corrected chi connectivity index (χ4v) is 5.47. The molecule has 0 bridgehead atoms. The molecule has 0 spiro atoms. The smallest absolute Gasteiger partial charge is 0.410 e. The number of thiazole rings is 1. The molecular formula is C27H31F2N5O3S2. The molecule has 2 heterocycles. The molecule has 4 rings (SSSR count). The molecule has 1 aliphatic heterocycles. The molecule has 1 amide bonds. The van der Waals surface area contributed by atoms with E-state index >= 15 is 0 Å². The van der Waals surface area contributed by atoms with E-state index < -0.39 is 28.6 Å². The molecule has 0 aliphatic carbocycles. The third kappa shape index (κ3) is 7.25. The number of amides is 1. The number of carbonyl (C=O) groups is 2. The first-order valence-corrected chi connectivity index (χ1v) is 14.2. The fraction of sp³-hybridized carbons (Fsp3) is 0.370. The van der Waals surface area contributed by atoms with Crippen molar-refractivity contribution < 1.29 is 23.1 Å². The average molecular weight is 576 g/mol. The van der Waals surface area contributed by atoms with Crippen molar-refractivity contribution in [2.45, 2.75) is 56.6 Å². The number of benzene rings is 2. The molecule has 0 atom stereocenters. The van der Waals surface area contributed by atoms with Crippen LogP contribution in [0.15, 0.2) is 47.4 Å². The summed E-state index contributed by atoms with van der Waals surface area (Å²) in [6.45, 7) is 7.11. The predicted octanol–water partition coefficient (Wildman–Crippen LogP) is 6.36. The maximum atomic E-state index is 14.0. The van der Waals surface area contributed by atoms with Gasteiger partial charge in [0.2, 0.25) is 5.78 Å². The van der Waals surface area contributed by atoms with Crippen molar-refractivity contribution in [3.63, 3.8) is 0 Å². The third-order valence-electron chi connectivity index (χ3n) is 6.47. The van der Waals surface area contributed by atoms with Crippen LogP contribution in [0, 0.1) is 11.6 Å². The zero-order chi connectivity index (χ0) is 28.2. The van der Waals surface area contributed by atoms with Crippen LogP contribution in [0.1, 0.15) is 55.3 Å². The van der Waals surface area contributed by atoms with Crippen molar-refractivity contribution in [3.05, 3.63) is 64.5 Å². The summed E-state index contributed by atoms with van der Waals surface area (Å²) in [7, 11) is 0. The summed E-state index contributed by atoms with van der Waals surface area (Å²) < 4.78 is 37.1. The second kappa shape index (κ2) is 12.3. The molecule has 1 aliphatic rings. The van der Waals surface area contributed by atoms with Crippen molar-refractivity contribution >= 4 is 51.8 Å². The molecular weight excluding hydrogens is 544 g/mol. The Hall–Kier alpha value is -3.22. The number of nitrogen functional groups attached to an aromatic ring is 1. The van der Waals surface area contributed by atoms with E-state index in [0.717, 1.165) is 47.6 Å². The summed E-state index contributed by atoms with van der Waals surface area (Å²) >= 11 is 2.44. The lowest BCUT2D eigenvalue weighted by Gasteiger charge is -2.34. The quantitative estimate of drug-likeness (QED) is 0.200. The Balaban J connectivity index is 1.28. The van der Waals surface area contributed by atoms with E-state index in [9.17, 15) is 18.4 Å². The first-order chi connectivity index (χ1) is 18.6. The van der Waals surface area contributed by atoms with Crippen molar-refractivity contribution in [1.82, 2.24) is 14.6 Å². The Bertz CT molecular complexity index is 1310. The highest BCUT2D eigenvalue weighted by atomic mass is 32.2. The zero-order valence-electron chi connectivity index (χ0n) is 21.9. The molecule has 208 valence electrons. The van der Waals surface area contributed by atoms with Gasteiger partial charge in [-0.1, -0.05) is 24.3 Å². The predicted molar refractivity (Wildman–Crippen MR) is 150 cm³/mol. The minimum Gasteiger partial charge on any atom is -0.443 e. The van der Waals surface area contributed by atoms with E-state index in [1.54, 1.807) is 4.90 Å². The van der Waals surface area contributed by atoms with Crippen molar-refractivity contribution in [1.29, 1.82) is 0 Å². The van der Waals surface area contributed by atoms with Gasteiger partial charge in [-0.25, -0.2) is 18.6 Å². The lowest BCUT2D eigenvalue weighted by molar-refractivity contribution is 0.00743. The van der Waals surface area contributed by atoms with Crippen LogP contribution in [0.4, 0.5) is 30.2 Å². The Labute approximate surface area is 234 Å². The molecule has 4 N–H and O–H groups in total. The number of anilines is 3. The van der Waals surface area contributed by atoms with Gasteiger partial charge in [-0.15, -0.1) is 0 Å². The van der Waals surface area contributed by atoms with Gasteiger partial charge < -0.3 is 20.7 Å². The lowest BCUT2D eigenvalue weighted by atomic mass is 10.1. The van der Waals surface area contributed by atoms with Crippen LogP contribution in [0.2, 0.25) is 0 Å². The summed E-state index contributed by atoms with van der Waals surface area (Å²) in [6.07, 6.45) is 2.17.